The molecule has 5 nitrogen and oxygen atoms in total. The van der Waals surface area contributed by atoms with Crippen LogP contribution in [0.1, 0.15) is 19.3 Å². The maximum atomic E-state index is 10.2. The minimum atomic E-state index is -0.345. The van der Waals surface area contributed by atoms with Crippen molar-refractivity contribution in [2.24, 2.45) is 5.92 Å². The SMILES string of the molecule is O[C@@H](CN(C[C@@H]1CCOC1)C1CC1)Cn1cccn1. The molecule has 1 aliphatic carbocycles. The normalized spacial score (nSPS) is 25.1. The second kappa shape index (κ2) is 6.03. The van der Waals surface area contributed by atoms with Crippen LogP contribution < -0.4 is 0 Å². The van der Waals surface area contributed by atoms with Gasteiger partial charge in [-0.05, 0) is 31.2 Å². The molecule has 19 heavy (non-hydrogen) atoms. The van der Waals surface area contributed by atoms with Crippen LogP contribution in [0.5, 0.6) is 0 Å². The number of aliphatic hydroxyl groups excluding tert-OH is 1. The Morgan fingerprint density at radius 3 is 2.95 bits per heavy atom. The molecule has 2 fully saturated rings. The van der Waals surface area contributed by atoms with Crippen LogP contribution in [-0.2, 0) is 11.3 Å². The van der Waals surface area contributed by atoms with Gasteiger partial charge in [-0.3, -0.25) is 9.58 Å². The lowest BCUT2D eigenvalue weighted by atomic mass is 10.1. The first-order valence-electron chi connectivity index (χ1n) is 7.28. The third kappa shape index (κ3) is 3.78. The van der Waals surface area contributed by atoms with Crippen LogP contribution in [0.4, 0.5) is 0 Å². The molecule has 106 valence electrons. The molecule has 0 spiro atoms. The molecule has 1 aromatic heterocycles. The third-order valence-electron chi connectivity index (χ3n) is 3.98. The highest BCUT2D eigenvalue weighted by Gasteiger charge is 2.32. The Hall–Kier alpha value is -0.910. The number of aliphatic hydroxyl groups is 1. The molecule has 0 aromatic carbocycles. The highest BCUT2D eigenvalue weighted by atomic mass is 16.5. The van der Waals surface area contributed by atoms with Crippen molar-refractivity contribution in [2.75, 3.05) is 26.3 Å². The van der Waals surface area contributed by atoms with Crippen LogP contribution in [0.15, 0.2) is 18.5 Å². The lowest BCUT2D eigenvalue weighted by Gasteiger charge is -2.27. The van der Waals surface area contributed by atoms with E-state index in [4.69, 9.17) is 4.74 Å². The van der Waals surface area contributed by atoms with E-state index in [2.05, 4.69) is 10.00 Å². The van der Waals surface area contributed by atoms with Crippen LogP contribution in [0, 0.1) is 5.92 Å². The summed E-state index contributed by atoms with van der Waals surface area (Å²) in [4.78, 5) is 2.45. The smallest absolute Gasteiger partial charge is 0.0862 e. The van der Waals surface area contributed by atoms with Gasteiger partial charge in [0.15, 0.2) is 0 Å². The standard InChI is InChI=1S/C14H23N3O2/c18-14(10-17-6-1-5-15-17)9-16(13-2-3-13)8-12-4-7-19-11-12/h1,5-6,12-14,18H,2-4,7-11H2/t12-,14-/m0/s1. The van der Waals surface area contributed by atoms with Gasteiger partial charge in [0.1, 0.15) is 0 Å². The van der Waals surface area contributed by atoms with Gasteiger partial charge < -0.3 is 9.84 Å². The summed E-state index contributed by atoms with van der Waals surface area (Å²) in [5.74, 6) is 0.650. The molecule has 1 aliphatic heterocycles. The predicted molar refractivity (Wildman–Crippen MR) is 71.8 cm³/mol. The predicted octanol–water partition coefficient (Wildman–Crippen LogP) is 0.745. The van der Waals surface area contributed by atoms with Gasteiger partial charge in [0, 0.05) is 38.1 Å². The summed E-state index contributed by atoms with van der Waals surface area (Å²) in [6.07, 6.45) is 7.03. The molecule has 3 rings (SSSR count). The molecule has 0 amide bonds. The molecule has 1 aromatic rings. The lowest BCUT2D eigenvalue weighted by molar-refractivity contribution is 0.0800. The minimum Gasteiger partial charge on any atom is -0.390 e. The quantitative estimate of drug-likeness (QED) is 0.790. The summed E-state index contributed by atoms with van der Waals surface area (Å²) in [6.45, 7) is 4.19. The Morgan fingerprint density at radius 1 is 1.42 bits per heavy atom. The molecule has 1 saturated carbocycles. The van der Waals surface area contributed by atoms with Crippen molar-refractivity contribution >= 4 is 0 Å². The zero-order valence-electron chi connectivity index (χ0n) is 11.3. The number of ether oxygens (including phenoxy) is 1. The average molecular weight is 265 g/mol. The van der Waals surface area contributed by atoms with Gasteiger partial charge in [-0.15, -0.1) is 0 Å². The zero-order chi connectivity index (χ0) is 13.1. The maximum absolute atomic E-state index is 10.2. The van der Waals surface area contributed by atoms with E-state index in [1.807, 2.05) is 12.3 Å². The molecular formula is C14H23N3O2. The monoisotopic (exact) mass is 265 g/mol. The molecule has 0 unspecified atom stereocenters. The van der Waals surface area contributed by atoms with Gasteiger partial charge in [-0.2, -0.15) is 5.10 Å². The lowest BCUT2D eigenvalue weighted by Crippen LogP contribution is -2.39. The number of nitrogens with zero attached hydrogens (tertiary/aromatic N) is 3. The van der Waals surface area contributed by atoms with Crippen LogP contribution >= 0.6 is 0 Å². The van der Waals surface area contributed by atoms with Crippen molar-refractivity contribution in [3.05, 3.63) is 18.5 Å². The van der Waals surface area contributed by atoms with Gasteiger partial charge in [0.05, 0.1) is 19.3 Å². The molecule has 0 radical (unpaired) electrons. The molecule has 1 N–H and O–H groups in total. The van der Waals surface area contributed by atoms with Crippen molar-refractivity contribution in [3.63, 3.8) is 0 Å². The topological polar surface area (TPSA) is 50.5 Å². The minimum absolute atomic E-state index is 0.345. The fraction of sp³-hybridized carbons (Fsp3) is 0.786. The van der Waals surface area contributed by atoms with Gasteiger partial charge in [-0.1, -0.05) is 0 Å². The van der Waals surface area contributed by atoms with Crippen LogP contribution in [0.3, 0.4) is 0 Å². The van der Waals surface area contributed by atoms with Gasteiger partial charge in [0.2, 0.25) is 0 Å². The highest BCUT2D eigenvalue weighted by Crippen LogP contribution is 2.29. The summed E-state index contributed by atoms with van der Waals surface area (Å²) >= 11 is 0. The van der Waals surface area contributed by atoms with Crippen molar-refractivity contribution < 1.29 is 9.84 Å². The molecule has 0 bridgehead atoms. The van der Waals surface area contributed by atoms with Gasteiger partial charge in [0.25, 0.3) is 0 Å². The summed E-state index contributed by atoms with van der Waals surface area (Å²) in [6, 6.07) is 2.58. The summed E-state index contributed by atoms with van der Waals surface area (Å²) in [5, 5.41) is 14.4. The van der Waals surface area contributed by atoms with Crippen LogP contribution in [0.2, 0.25) is 0 Å². The molecular weight excluding hydrogens is 242 g/mol. The van der Waals surface area contributed by atoms with E-state index in [0.717, 1.165) is 26.3 Å². The van der Waals surface area contributed by atoms with E-state index in [1.54, 1.807) is 10.9 Å². The van der Waals surface area contributed by atoms with E-state index in [1.165, 1.54) is 19.3 Å². The Kier molecular flexibility index (Phi) is 4.15. The van der Waals surface area contributed by atoms with Crippen LogP contribution in [-0.4, -0.2) is 58.2 Å². The summed E-state index contributed by atoms with van der Waals surface area (Å²) in [7, 11) is 0. The van der Waals surface area contributed by atoms with E-state index in [9.17, 15) is 5.11 Å². The number of aromatic nitrogens is 2. The Morgan fingerprint density at radius 2 is 2.32 bits per heavy atom. The zero-order valence-corrected chi connectivity index (χ0v) is 11.3. The molecule has 2 heterocycles. The average Bonchev–Trinajstić information content (AvgIpc) is 2.87. The second-order valence-corrected chi connectivity index (χ2v) is 5.80. The third-order valence-corrected chi connectivity index (χ3v) is 3.98. The van der Waals surface area contributed by atoms with E-state index >= 15 is 0 Å². The number of hydrogen-bond donors (Lipinski definition) is 1. The molecule has 2 atom stereocenters. The van der Waals surface area contributed by atoms with Crippen molar-refractivity contribution in [1.82, 2.24) is 14.7 Å². The Labute approximate surface area is 114 Å². The first-order valence-corrected chi connectivity index (χ1v) is 7.28. The van der Waals surface area contributed by atoms with Crippen LogP contribution in [0.25, 0.3) is 0 Å². The Bertz CT molecular complexity index is 372. The van der Waals surface area contributed by atoms with E-state index in [0.29, 0.717) is 18.5 Å². The van der Waals surface area contributed by atoms with Crippen molar-refractivity contribution in [2.45, 2.75) is 38.0 Å². The molecule has 2 aliphatic rings. The van der Waals surface area contributed by atoms with Gasteiger partial charge >= 0.3 is 0 Å². The van der Waals surface area contributed by atoms with Crippen molar-refractivity contribution in [3.8, 4) is 0 Å². The summed E-state index contributed by atoms with van der Waals surface area (Å²) in [5.41, 5.74) is 0. The van der Waals surface area contributed by atoms with E-state index in [-0.39, 0.29) is 6.10 Å². The molecule has 5 heteroatoms. The highest BCUT2D eigenvalue weighted by molar-refractivity contribution is 4.88. The Balaban J connectivity index is 1.49. The van der Waals surface area contributed by atoms with E-state index < -0.39 is 0 Å². The maximum Gasteiger partial charge on any atom is 0.0862 e. The fourth-order valence-corrected chi connectivity index (χ4v) is 2.82. The van der Waals surface area contributed by atoms with Crippen molar-refractivity contribution in [1.29, 1.82) is 0 Å². The summed E-state index contributed by atoms with van der Waals surface area (Å²) < 4.78 is 7.25. The first-order chi connectivity index (χ1) is 9.31. The second-order valence-electron chi connectivity index (χ2n) is 5.80. The number of rotatable bonds is 7. The first kappa shape index (κ1) is 13.1. The molecule has 1 saturated heterocycles. The van der Waals surface area contributed by atoms with Gasteiger partial charge in [-0.25, -0.2) is 0 Å². The largest absolute Gasteiger partial charge is 0.390 e. The number of hydrogen-bond acceptors (Lipinski definition) is 4. The fourth-order valence-electron chi connectivity index (χ4n) is 2.82.